The smallest absolute Gasteiger partial charge is 0.255 e. The van der Waals surface area contributed by atoms with Gasteiger partial charge in [0.15, 0.2) is 0 Å². The van der Waals surface area contributed by atoms with E-state index in [0.717, 1.165) is 11.1 Å². The number of ether oxygens (including phenoxy) is 1. The summed E-state index contributed by atoms with van der Waals surface area (Å²) in [6, 6.07) is 18.4. The number of halogens is 1. The van der Waals surface area contributed by atoms with Crippen molar-refractivity contribution < 1.29 is 17.9 Å². The number of amides is 1. The molecule has 0 aromatic heterocycles. The van der Waals surface area contributed by atoms with Crippen molar-refractivity contribution in [3.8, 4) is 5.75 Å². The van der Waals surface area contributed by atoms with Gasteiger partial charge in [-0.2, -0.15) is 0 Å². The standard InChI is InChI=1S/C23H23ClN2O4S/c1-3-30-22-12-11-20(31(28,29)25-15-17-9-7-16(2)8-10-17)14-21(22)26-23(27)18-5-4-6-19(24)13-18/h4-14,25H,3,15H2,1-2H3,(H,26,27). The van der Waals surface area contributed by atoms with E-state index in [1.54, 1.807) is 25.1 Å². The van der Waals surface area contributed by atoms with Crippen LogP contribution in [-0.4, -0.2) is 20.9 Å². The first-order valence-corrected chi connectivity index (χ1v) is 11.5. The molecule has 0 unspecified atom stereocenters. The topological polar surface area (TPSA) is 84.5 Å². The molecule has 6 nitrogen and oxygen atoms in total. The first kappa shape index (κ1) is 22.8. The highest BCUT2D eigenvalue weighted by Gasteiger charge is 2.18. The Morgan fingerprint density at radius 2 is 1.77 bits per heavy atom. The second-order valence-electron chi connectivity index (χ2n) is 6.87. The number of hydrogen-bond donors (Lipinski definition) is 2. The molecule has 0 atom stereocenters. The predicted molar refractivity (Wildman–Crippen MR) is 122 cm³/mol. The van der Waals surface area contributed by atoms with Gasteiger partial charge in [0.05, 0.1) is 17.2 Å². The summed E-state index contributed by atoms with van der Waals surface area (Å²) in [5, 5.41) is 3.14. The molecule has 0 spiro atoms. The van der Waals surface area contributed by atoms with Crippen LogP contribution in [-0.2, 0) is 16.6 Å². The van der Waals surface area contributed by atoms with Gasteiger partial charge < -0.3 is 10.1 Å². The minimum Gasteiger partial charge on any atom is -0.492 e. The van der Waals surface area contributed by atoms with Crippen molar-refractivity contribution in [2.45, 2.75) is 25.3 Å². The normalized spacial score (nSPS) is 11.2. The zero-order valence-corrected chi connectivity index (χ0v) is 18.8. The number of nitrogens with one attached hydrogen (secondary N) is 2. The third-order valence-corrected chi connectivity index (χ3v) is 6.12. The van der Waals surface area contributed by atoms with E-state index in [1.165, 1.54) is 24.3 Å². The van der Waals surface area contributed by atoms with Crippen LogP contribution in [0.1, 0.15) is 28.4 Å². The van der Waals surface area contributed by atoms with Crippen LogP contribution < -0.4 is 14.8 Å². The van der Waals surface area contributed by atoms with E-state index in [9.17, 15) is 13.2 Å². The van der Waals surface area contributed by atoms with Crippen molar-refractivity contribution in [2.24, 2.45) is 0 Å². The Morgan fingerprint density at radius 3 is 2.45 bits per heavy atom. The number of benzene rings is 3. The second-order valence-corrected chi connectivity index (χ2v) is 9.07. The van der Waals surface area contributed by atoms with Gasteiger partial charge in [0.1, 0.15) is 5.75 Å². The second kappa shape index (κ2) is 9.96. The van der Waals surface area contributed by atoms with E-state index in [-0.39, 0.29) is 17.1 Å². The first-order valence-electron chi connectivity index (χ1n) is 9.67. The van der Waals surface area contributed by atoms with Gasteiger partial charge in [-0.25, -0.2) is 13.1 Å². The fraction of sp³-hybridized carbons (Fsp3) is 0.174. The van der Waals surface area contributed by atoms with E-state index in [1.807, 2.05) is 31.2 Å². The Kier molecular flexibility index (Phi) is 7.33. The van der Waals surface area contributed by atoms with E-state index < -0.39 is 15.9 Å². The van der Waals surface area contributed by atoms with Crippen LogP contribution in [0.4, 0.5) is 5.69 Å². The van der Waals surface area contributed by atoms with Gasteiger partial charge in [-0.1, -0.05) is 47.5 Å². The van der Waals surface area contributed by atoms with Crippen LogP contribution in [0, 0.1) is 6.92 Å². The zero-order chi connectivity index (χ0) is 22.4. The van der Waals surface area contributed by atoms with Crippen LogP contribution in [0.15, 0.2) is 71.6 Å². The van der Waals surface area contributed by atoms with Gasteiger partial charge in [0.25, 0.3) is 5.91 Å². The summed E-state index contributed by atoms with van der Waals surface area (Å²) in [5.41, 5.74) is 2.54. The Morgan fingerprint density at radius 1 is 1.03 bits per heavy atom. The fourth-order valence-electron chi connectivity index (χ4n) is 2.85. The first-order chi connectivity index (χ1) is 14.8. The highest BCUT2D eigenvalue weighted by atomic mass is 35.5. The van der Waals surface area contributed by atoms with Crippen LogP contribution in [0.2, 0.25) is 5.02 Å². The maximum atomic E-state index is 12.8. The quantitative estimate of drug-likeness (QED) is 0.508. The van der Waals surface area contributed by atoms with Crippen LogP contribution >= 0.6 is 11.6 Å². The third-order valence-electron chi connectivity index (χ3n) is 4.48. The van der Waals surface area contributed by atoms with Crippen LogP contribution in [0.3, 0.4) is 0 Å². The van der Waals surface area contributed by atoms with Gasteiger partial charge >= 0.3 is 0 Å². The molecule has 0 aliphatic rings. The lowest BCUT2D eigenvalue weighted by Crippen LogP contribution is -2.23. The third kappa shape index (κ3) is 6.07. The van der Waals surface area contributed by atoms with Gasteiger partial charge in [0.2, 0.25) is 10.0 Å². The Labute approximate surface area is 187 Å². The molecule has 162 valence electrons. The molecule has 3 aromatic carbocycles. The summed E-state index contributed by atoms with van der Waals surface area (Å²) in [6.45, 7) is 4.28. The number of rotatable bonds is 8. The van der Waals surface area contributed by atoms with E-state index >= 15 is 0 Å². The molecule has 0 aliphatic heterocycles. The lowest BCUT2D eigenvalue weighted by atomic mass is 10.2. The monoisotopic (exact) mass is 458 g/mol. The molecule has 0 fully saturated rings. The molecular weight excluding hydrogens is 436 g/mol. The molecule has 3 rings (SSSR count). The number of sulfonamides is 1. The maximum absolute atomic E-state index is 12.8. The van der Waals surface area contributed by atoms with Crippen LogP contribution in [0.5, 0.6) is 5.75 Å². The Hall–Kier alpha value is -2.87. The van der Waals surface area contributed by atoms with Gasteiger partial charge in [0, 0.05) is 17.1 Å². The maximum Gasteiger partial charge on any atom is 0.255 e. The molecule has 0 aliphatic carbocycles. The van der Waals surface area contributed by atoms with E-state index in [0.29, 0.717) is 22.9 Å². The molecule has 0 heterocycles. The highest BCUT2D eigenvalue weighted by Crippen LogP contribution is 2.29. The SMILES string of the molecule is CCOc1ccc(S(=O)(=O)NCc2ccc(C)cc2)cc1NC(=O)c1cccc(Cl)c1. The van der Waals surface area contributed by atoms with Crippen molar-refractivity contribution in [1.29, 1.82) is 0 Å². The lowest BCUT2D eigenvalue weighted by Gasteiger charge is -2.14. The molecule has 2 N–H and O–H groups in total. The highest BCUT2D eigenvalue weighted by molar-refractivity contribution is 7.89. The van der Waals surface area contributed by atoms with Crippen molar-refractivity contribution in [3.63, 3.8) is 0 Å². The number of carbonyl (C=O) groups excluding carboxylic acids is 1. The van der Waals surface area contributed by atoms with Gasteiger partial charge in [-0.05, 0) is 55.8 Å². The minimum atomic E-state index is -3.81. The number of anilines is 1. The van der Waals surface area contributed by atoms with Crippen molar-refractivity contribution in [3.05, 3.63) is 88.4 Å². The molecule has 0 bridgehead atoms. The van der Waals surface area contributed by atoms with Gasteiger partial charge in [-0.3, -0.25) is 4.79 Å². The average molecular weight is 459 g/mol. The Bertz CT molecular complexity index is 1180. The number of hydrogen-bond acceptors (Lipinski definition) is 4. The molecule has 31 heavy (non-hydrogen) atoms. The summed E-state index contributed by atoms with van der Waals surface area (Å²) < 4.78 is 33.8. The minimum absolute atomic E-state index is 0.0180. The number of aryl methyl sites for hydroxylation is 1. The summed E-state index contributed by atoms with van der Waals surface area (Å²) in [5.74, 6) is -0.0546. The summed E-state index contributed by atoms with van der Waals surface area (Å²) in [7, 11) is -3.81. The molecule has 0 saturated heterocycles. The van der Waals surface area contributed by atoms with Crippen molar-refractivity contribution in [2.75, 3.05) is 11.9 Å². The molecule has 1 amide bonds. The summed E-state index contributed by atoms with van der Waals surface area (Å²) in [6.07, 6.45) is 0. The average Bonchev–Trinajstić information content (AvgIpc) is 2.74. The summed E-state index contributed by atoms with van der Waals surface area (Å²) >= 11 is 5.96. The molecule has 3 aromatic rings. The largest absolute Gasteiger partial charge is 0.492 e. The van der Waals surface area contributed by atoms with Crippen LogP contribution in [0.25, 0.3) is 0 Å². The fourth-order valence-corrected chi connectivity index (χ4v) is 4.08. The summed E-state index contributed by atoms with van der Waals surface area (Å²) in [4.78, 5) is 12.6. The zero-order valence-electron chi connectivity index (χ0n) is 17.2. The molecule has 8 heteroatoms. The number of carbonyl (C=O) groups is 1. The van der Waals surface area contributed by atoms with E-state index in [4.69, 9.17) is 16.3 Å². The van der Waals surface area contributed by atoms with Gasteiger partial charge in [-0.15, -0.1) is 0 Å². The van der Waals surface area contributed by atoms with Crippen molar-refractivity contribution >= 4 is 33.2 Å². The lowest BCUT2D eigenvalue weighted by molar-refractivity contribution is 0.102. The predicted octanol–water partition coefficient (Wildman–Crippen LogP) is 4.78. The molecule has 0 radical (unpaired) electrons. The molecular formula is C23H23ClN2O4S. The Balaban J connectivity index is 1.84. The van der Waals surface area contributed by atoms with Crippen molar-refractivity contribution in [1.82, 2.24) is 4.72 Å². The molecule has 0 saturated carbocycles. The van der Waals surface area contributed by atoms with E-state index in [2.05, 4.69) is 10.0 Å².